The third-order valence-corrected chi connectivity index (χ3v) is 3.20. The van der Waals surface area contributed by atoms with Crippen molar-refractivity contribution in [3.63, 3.8) is 0 Å². The molecule has 0 heterocycles. The molecule has 0 bridgehead atoms. The van der Waals surface area contributed by atoms with Gasteiger partial charge in [0.25, 0.3) is 0 Å². The van der Waals surface area contributed by atoms with Gasteiger partial charge in [0.2, 0.25) is 0 Å². The summed E-state index contributed by atoms with van der Waals surface area (Å²) < 4.78 is 5.71. The molecular weight excluding hydrogens is 269 g/mol. The Morgan fingerprint density at radius 3 is 2.56 bits per heavy atom. The summed E-state index contributed by atoms with van der Waals surface area (Å²) in [5.41, 5.74) is 7.81. The molecule has 0 unspecified atom stereocenters. The summed E-state index contributed by atoms with van der Waals surface area (Å²) in [7, 11) is 0. The zero-order chi connectivity index (χ0) is 13.1. The van der Waals surface area contributed by atoms with Crippen LogP contribution in [0.4, 0.5) is 0 Å². The molecule has 0 amide bonds. The van der Waals surface area contributed by atoms with Crippen molar-refractivity contribution in [2.24, 2.45) is 5.73 Å². The van der Waals surface area contributed by atoms with E-state index in [0.29, 0.717) is 28.1 Å². The van der Waals surface area contributed by atoms with Crippen molar-refractivity contribution in [1.29, 1.82) is 0 Å². The average molecular weight is 282 g/mol. The van der Waals surface area contributed by atoms with E-state index >= 15 is 0 Å². The fourth-order valence-corrected chi connectivity index (χ4v) is 1.96. The van der Waals surface area contributed by atoms with E-state index < -0.39 is 0 Å². The maximum absolute atomic E-state index is 6.04. The van der Waals surface area contributed by atoms with E-state index in [2.05, 4.69) is 0 Å². The monoisotopic (exact) mass is 281 g/mol. The largest absolute Gasteiger partial charge is 0.456 e. The normalized spacial score (nSPS) is 10.4. The second-order valence-corrected chi connectivity index (χ2v) is 4.81. The Morgan fingerprint density at radius 2 is 1.89 bits per heavy atom. The van der Waals surface area contributed by atoms with Crippen LogP contribution in [0.3, 0.4) is 0 Å². The quantitative estimate of drug-likeness (QED) is 0.896. The van der Waals surface area contributed by atoms with E-state index in [-0.39, 0.29) is 0 Å². The standard InChI is InChI=1S/C14H13Cl2NO/c1-9-6-12(4-2-10(9)8-17)18-14-7-11(15)3-5-13(14)16/h2-7H,8,17H2,1H3. The van der Waals surface area contributed by atoms with E-state index in [1.54, 1.807) is 18.2 Å². The van der Waals surface area contributed by atoms with Gasteiger partial charge in [0.1, 0.15) is 11.5 Å². The first-order chi connectivity index (χ1) is 8.60. The van der Waals surface area contributed by atoms with Crippen LogP contribution in [-0.2, 0) is 6.54 Å². The highest BCUT2D eigenvalue weighted by atomic mass is 35.5. The third-order valence-electron chi connectivity index (χ3n) is 2.66. The van der Waals surface area contributed by atoms with E-state index in [1.165, 1.54) is 0 Å². The first-order valence-electron chi connectivity index (χ1n) is 5.52. The molecule has 0 saturated heterocycles. The van der Waals surface area contributed by atoms with Crippen molar-refractivity contribution in [1.82, 2.24) is 0 Å². The minimum atomic E-state index is 0.518. The Balaban J connectivity index is 2.28. The number of hydrogen-bond acceptors (Lipinski definition) is 2. The molecule has 0 fully saturated rings. The van der Waals surface area contributed by atoms with Crippen LogP contribution in [0.25, 0.3) is 0 Å². The van der Waals surface area contributed by atoms with Crippen LogP contribution in [0.1, 0.15) is 11.1 Å². The molecule has 0 aliphatic carbocycles. The Kier molecular flexibility index (Phi) is 4.12. The van der Waals surface area contributed by atoms with E-state index in [0.717, 1.165) is 11.1 Å². The Bertz CT molecular complexity index is 570. The van der Waals surface area contributed by atoms with Crippen molar-refractivity contribution >= 4 is 23.2 Å². The molecule has 0 atom stereocenters. The van der Waals surface area contributed by atoms with Gasteiger partial charge >= 0.3 is 0 Å². The van der Waals surface area contributed by atoms with Crippen molar-refractivity contribution in [2.45, 2.75) is 13.5 Å². The van der Waals surface area contributed by atoms with Gasteiger partial charge in [-0.25, -0.2) is 0 Å². The summed E-state index contributed by atoms with van der Waals surface area (Å²) in [4.78, 5) is 0. The molecule has 4 heteroatoms. The maximum Gasteiger partial charge on any atom is 0.147 e. The number of benzene rings is 2. The molecule has 0 saturated carbocycles. The summed E-state index contributed by atoms with van der Waals surface area (Å²) in [6.07, 6.45) is 0. The predicted molar refractivity (Wildman–Crippen MR) is 75.6 cm³/mol. The van der Waals surface area contributed by atoms with Crippen LogP contribution < -0.4 is 10.5 Å². The molecule has 2 aromatic carbocycles. The van der Waals surface area contributed by atoms with E-state index in [9.17, 15) is 0 Å². The van der Waals surface area contributed by atoms with Gasteiger partial charge in [0.15, 0.2) is 0 Å². The molecule has 18 heavy (non-hydrogen) atoms. The van der Waals surface area contributed by atoms with Gasteiger partial charge in [-0.05, 0) is 42.3 Å². The third kappa shape index (κ3) is 2.96. The second kappa shape index (κ2) is 5.61. The predicted octanol–water partition coefficient (Wildman–Crippen LogP) is 4.55. The lowest BCUT2D eigenvalue weighted by Gasteiger charge is -2.10. The molecule has 0 aliphatic heterocycles. The molecule has 0 aliphatic rings. The second-order valence-electron chi connectivity index (χ2n) is 3.97. The maximum atomic E-state index is 6.04. The van der Waals surface area contributed by atoms with Crippen molar-refractivity contribution in [3.8, 4) is 11.5 Å². The lowest BCUT2D eigenvalue weighted by Crippen LogP contribution is -1.99. The SMILES string of the molecule is Cc1cc(Oc2cc(Cl)ccc2Cl)ccc1CN. The Labute approximate surface area is 116 Å². The fraction of sp³-hybridized carbons (Fsp3) is 0.143. The highest BCUT2D eigenvalue weighted by molar-refractivity contribution is 6.34. The highest BCUT2D eigenvalue weighted by Gasteiger charge is 2.05. The van der Waals surface area contributed by atoms with E-state index in [1.807, 2.05) is 25.1 Å². The molecule has 0 radical (unpaired) electrons. The fourth-order valence-electron chi connectivity index (χ4n) is 1.64. The minimum absolute atomic E-state index is 0.518. The van der Waals surface area contributed by atoms with Crippen molar-refractivity contribution in [3.05, 3.63) is 57.6 Å². The summed E-state index contributed by atoms with van der Waals surface area (Å²) in [6, 6.07) is 10.9. The van der Waals surface area contributed by atoms with Gasteiger partial charge in [0.05, 0.1) is 5.02 Å². The summed E-state index contributed by atoms with van der Waals surface area (Å²) >= 11 is 11.9. The zero-order valence-electron chi connectivity index (χ0n) is 9.91. The Hall–Kier alpha value is -1.22. The molecule has 2 rings (SSSR count). The van der Waals surface area contributed by atoms with Gasteiger partial charge in [-0.2, -0.15) is 0 Å². The smallest absolute Gasteiger partial charge is 0.147 e. The average Bonchev–Trinajstić information content (AvgIpc) is 2.34. The van der Waals surface area contributed by atoms with Gasteiger partial charge in [-0.1, -0.05) is 29.3 Å². The summed E-state index contributed by atoms with van der Waals surface area (Å²) in [5, 5.41) is 1.12. The molecule has 94 valence electrons. The van der Waals surface area contributed by atoms with Gasteiger partial charge < -0.3 is 10.5 Å². The van der Waals surface area contributed by atoms with Gasteiger partial charge in [-0.15, -0.1) is 0 Å². The lowest BCUT2D eigenvalue weighted by molar-refractivity contribution is 0.482. The first kappa shape index (κ1) is 13.2. The minimum Gasteiger partial charge on any atom is -0.456 e. The van der Waals surface area contributed by atoms with Crippen LogP contribution in [0, 0.1) is 6.92 Å². The van der Waals surface area contributed by atoms with Crippen LogP contribution in [0.15, 0.2) is 36.4 Å². The molecule has 0 aromatic heterocycles. The highest BCUT2D eigenvalue weighted by Crippen LogP contribution is 2.32. The van der Waals surface area contributed by atoms with Crippen molar-refractivity contribution < 1.29 is 4.74 Å². The van der Waals surface area contributed by atoms with Crippen LogP contribution in [0.5, 0.6) is 11.5 Å². The zero-order valence-corrected chi connectivity index (χ0v) is 11.4. The summed E-state index contributed by atoms with van der Waals surface area (Å²) in [5.74, 6) is 1.26. The van der Waals surface area contributed by atoms with Crippen molar-refractivity contribution in [2.75, 3.05) is 0 Å². The van der Waals surface area contributed by atoms with Gasteiger partial charge in [0, 0.05) is 17.6 Å². The number of nitrogens with two attached hydrogens (primary N) is 1. The first-order valence-corrected chi connectivity index (χ1v) is 6.28. The van der Waals surface area contributed by atoms with Crippen LogP contribution in [0.2, 0.25) is 10.0 Å². The topological polar surface area (TPSA) is 35.2 Å². The summed E-state index contributed by atoms with van der Waals surface area (Å²) in [6.45, 7) is 2.51. The number of halogens is 2. The van der Waals surface area contributed by atoms with Gasteiger partial charge in [-0.3, -0.25) is 0 Å². The molecule has 0 spiro atoms. The van der Waals surface area contributed by atoms with Crippen LogP contribution in [-0.4, -0.2) is 0 Å². The van der Waals surface area contributed by atoms with E-state index in [4.69, 9.17) is 33.7 Å². The molecule has 2 N–H and O–H groups in total. The lowest BCUT2D eigenvalue weighted by atomic mass is 10.1. The molecular formula is C14H13Cl2NO. The number of rotatable bonds is 3. The number of aryl methyl sites for hydroxylation is 1. The molecule has 2 nitrogen and oxygen atoms in total. The number of hydrogen-bond donors (Lipinski definition) is 1. The number of ether oxygens (including phenoxy) is 1. The van der Waals surface area contributed by atoms with Crippen LogP contribution >= 0.6 is 23.2 Å². The molecule has 2 aromatic rings. The Morgan fingerprint density at radius 1 is 1.11 bits per heavy atom.